The van der Waals surface area contributed by atoms with Crippen LogP contribution in [0.25, 0.3) is 0 Å². The SMILES string of the molecule is Cc1ccc(NC(=O)C(=O)N(C)Cc2cn[nH]c2)cc1. The summed E-state index contributed by atoms with van der Waals surface area (Å²) in [5.41, 5.74) is 2.53. The molecule has 0 aliphatic heterocycles. The summed E-state index contributed by atoms with van der Waals surface area (Å²) in [5.74, 6) is -1.24. The van der Waals surface area contributed by atoms with E-state index in [1.54, 1.807) is 31.6 Å². The second kappa shape index (κ2) is 6.01. The molecule has 0 aliphatic carbocycles. The number of aromatic nitrogens is 2. The normalized spacial score (nSPS) is 10.1. The maximum absolute atomic E-state index is 11.9. The summed E-state index contributed by atoms with van der Waals surface area (Å²) in [7, 11) is 1.57. The van der Waals surface area contributed by atoms with Gasteiger partial charge in [0.1, 0.15) is 0 Å². The molecule has 0 radical (unpaired) electrons. The summed E-state index contributed by atoms with van der Waals surface area (Å²) in [6.45, 7) is 2.28. The molecule has 0 fully saturated rings. The first kappa shape index (κ1) is 13.8. The number of nitrogens with zero attached hydrogens (tertiary/aromatic N) is 2. The molecule has 0 saturated heterocycles. The highest BCUT2D eigenvalue weighted by molar-refractivity contribution is 6.39. The van der Waals surface area contributed by atoms with Crippen molar-refractivity contribution in [2.24, 2.45) is 0 Å². The Morgan fingerprint density at radius 2 is 2.00 bits per heavy atom. The molecule has 1 heterocycles. The smallest absolute Gasteiger partial charge is 0.313 e. The third-order valence-corrected chi connectivity index (χ3v) is 2.82. The zero-order valence-electron chi connectivity index (χ0n) is 11.4. The van der Waals surface area contributed by atoms with Crippen molar-refractivity contribution in [3.8, 4) is 0 Å². The van der Waals surface area contributed by atoms with Crippen molar-refractivity contribution >= 4 is 17.5 Å². The van der Waals surface area contributed by atoms with E-state index in [4.69, 9.17) is 0 Å². The van der Waals surface area contributed by atoms with Gasteiger partial charge in [0.2, 0.25) is 0 Å². The van der Waals surface area contributed by atoms with Crippen LogP contribution >= 0.6 is 0 Å². The predicted octanol–water partition coefficient (Wildman–Crippen LogP) is 1.32. The fourth-order valence-corrected chi connectivity index (χ4v) is 1.70. The van der Waals surface area contributed by atoms with Crippen LogP contribution in [0.2, 0.25) is 0 Å². The third-order valence-electron chi connectivity index (χ3n) is 2.82. The lowest BCUT2D eigenvalue weighted by Gasteiger charge is -2.15. The van der Waals surface area contributed by atoms with Gasteiger partial charge in [-0.05, 0) is 19.1 Å². The molecule has 104 valence electrons. The van der Waals surface area contributed by atoms with E-state index in [-0.39, 0.29) is 0 Å². The van der Waals surface area contributed by atoms with Gasteiger partial charge in [-0.2, -0.15) is 5.10 Å². The maximum Gasteiger partial charge on any atom is 0.313 e. The number of rotatable bonds is 3. The highest BCUT2D eigenvalue weighted by Gasteiger charge is 2.19. The second-order valence-corrected chi connectivity index (χ2v) is 4.59. The van der Waals surface area contributed by atoms with E-state index in [9.17, 15) is 9.59 Å². The number of aryl methyl sites for hydroxylation is 1. The highest BCUT2D eigenvalue weighted by atomic mass is 16.2. The molecule has 0 atom stereocenters. The molecule has 0 spiro atoms. The Morgan fingerprint density at radius 3 is 2.60 bits per heavy atom. The Bertz CT molecular complexity index is 590. The monoisotopic (exact) mass is 272 g/mol. The van der Waals surface area contributed by atoms with Crippen molar-refractivity contribution in [3.63, 3.8) is 0 Å². The molecule has 6 nitrogen and oxygen atoms in total. The van der Waals surface area contributed by atoms with E-state index >= 15 is 0 Å². The van der Waals surface area contributed by atoms with Gasteiger partial charge in [0.25, 0.3) is 0 Å². The molecule has 6 heteroatoms. The van der Waals surface area contributed by atoms with Gasteiger partial charge in [-0.15, -0.1) is 0 Å². The van der Waals surface area contributed by atoms with Crippen LogP contribution in [0.1, 0.15) is 11.1 Å². The topological polar surface area (TPSA) is 78.1 Å². The van der Waals surface area contributed by atoms with Crippen molar-refractivity contribution < 1.29 is 9.59 Å². The standard InChI is InChI=1S/C14H16N4O2/c1-10-3-5-12(6-4-10)17-13(19)14(20)18(2)9-11-7-15-16-8-11/h3-8H,9H2,1-2H3,(H,15,16)(H,17,19). The van der Waals surface area contributed by atoms with E-state index in [1.807, 2.05) is 19.1 Å². The minimum Gasteiger partial charge on any atom is -0.333 e. The minimum atomic E-state index is -0.653. The van der Waals surface area contributed by atoms with Crippen molar-refractivity contribution in [3.05, 3.63) is 47.8 Å². The molecular formula is C14H16N4O2. The van der Waals surface area contributed by atoms with E-state index < -0.39 is 11.8 Å². The van der Waals surface area contributed by atoms with Crippen LogP contribution in [0.15, 0.2) is 36.7 Å². The summed E-state index contributed by atoms with van der Waals surface area (Å²) in [6, 6.07) is 7.26. The number of amides is 2. The fraction of sp³-hybridized carbons (Fsp3) is 0.214. The number of likely N-dealkylation sites (N-methyl/N-ethyl adjacent to an activating group) is 1. The second-order valence-electron chi connectivity index (χ2n) is 4.59. The first-order valence-electron chi connectivity index (χ1n) is 6.17. The third kappa shape index (κ3) is 3.44. The zero-order valence-corrected chi connectivity index (χ0v) is 11.4. The molecular weight excluding hydrogens is 256 g/mol. The van der Waals surface area contributed by atoms with E-state index in [0.717, 1.165) is 11.1 Å². The van der Waals surface area contributed by atoms with Crippen molar-refractivity contribution in [1.82, 2.24) is 15.1 Å². The first-order chi connectivity index (χ1) is 9.56. The molecule has 2 rings (SSSR count). The Morgan fingerprint density at radius 1 is 1.30 bits per heavy atom. The molecule has 20 heavy (non-hydrogen) atoms. The van der Waals surface area contributed by atoms with Gasteiger partial charge in [0.15, 0.2) is 0 Å². The number of hydrogen-bond donors (Lipinski definition) is 2. The van der Waals surface area contributed by atoms with Crippen LogP contribution in [-0.2, 0) is 16.1 Å². The van der Waals surface area contributed by atoms with Crippen LogP contribution in [0.4, 0.5) is 5.69 Å². The Hall–Kier alpha value is -2.63. The summed E-state index contributed by atoms with van der Waals surface area (Å²) in [5, 5.41) is 9.03. The average molecular weight is 272 g/mol. The quantitative estimate of drug-likeness (QED) is 0.827. The average Bonchev–Trinajstić information content (AvgIpc) is 2.93. The van der Waals surface area contributed by atoms with Crippen LogP contribution in [-0.4, -0.2) is 34.0 Å². The highest BCUT2D eigenvalue weighted by Crippen LogP contribution is 2.09. The van der Waals surface area contributed by atoms with E-state index in [1.165, 1.54) is 4.90 Å². The molecule has 0 aliphatic rings. The lowest BCUT2D eigenvalue weighted by Crippen LogP contribution is -2.36. The van der Waals surface area contributed by atoms with Crippen LogP contribution in [0.5, 0.6) is 0 Å². The molecule has 0 saturated carbocycles. The number of H-pyrrole nitrogens is 1. The summed E-state index contributed by atoms with van der Waals surface area (Å²) < 4.78 is 0. The lowest BCUT2D eigenvalue weighted by atomic mass is 10.2. The number of carbonyl (C=O) groups excluding carboxylic acids is 2. The van der Waals surface area contributed by atoms with Gasteiger partial charge in [-0.25, -0.2) is 0 Å². The number of nitrogens with one attached hydrogen (secondary N) is 2. The number of benzene rings is 1. The van der Waals surface area contributed by atoms with E-state index in [2.05, 4.69) is 15.5 Å². The number of anilines is 1. The van der Waals surface area contributed by atoms with Gasteiger partial charge in [0.05, 0.1) is 6.20 Å². The molecule has 1 aromatic heterocycles. The van der Waals surface area contributed by atoms with Gasteiger partial charge < -0.3 is 10.2 Å². The summed E-state index contributed by atoms with van der Waals surface area (Å²) >= 11 is 0. The number of carbonyl (C=O) groups is 2. The molecule has 2 amide bonds. The molecule has 1 aromatic carbocycles. The van der Waals surface area contributed by atoms with Crippen LogP contribution in [0.3, 0.4) is 0 Å². The van der Waals surface area contributed by atoms with Crippen LogP contribution < -0.4 is 5.32 Å². The largest absolute Gasteiger partial charge is 0.333 e. The number of aromatic amines is 1. The summed E-state index contributed by atoms with van der Waals surface area (Å²) in [4.78, 5) is 25.1. The van der Waals surface area contributed by atoms with Gasteiger partial charge in [-0.3, -0.25) is 14.7 Å². The molecule has 0 unspecified atom stereocenters. The molecule has 2 N–H and O–H groups in total. The van der Waals surface area contributed by atoms with Crippen molar-refractivity contribution in [2.45, 2.75) is 13.5 Å². The van der Waals surface area contributed by atoms with Crippen LogP contribution in [0, 0.1) is 6.92 Å². The van der Waals surface area contributed by atoms with Crippen molar-refractivity contribution in [1.29, 1.82) is 0 Å². The molecule has 0 bridgehead atoms. The Kier molecular flexibility index (Phi) is 4.14. The number of hydrogen-bond acceptors (Lipinski definition) is 3. The zero-order chi connectivity index (χ0) is 14.5. The van der Waals surface area contributed by atoms with Gasteiger partial charge >= 0.3 is 11.8 Å². The Labute approximate surface area is 116 Å². The van der Waals surface area contributed by atoms with Gasteiger partial charge in [-0.1, -0.05) is 17.7 Å². The van der Waals surface area contributed by atoms with E-state index in [0.29, 0.717) is 12.2 Å². The first-order valence-corrected chi connectivity index (χ1v) is 6.17. The van der Waals surface area contributed by atoms with Crippen molar-refractivity contribution in [2.75, 3.05) is 12.4 Å². The van der Waals surface area contributed by atoms with Gasteiger partial charge in [0, 0.05) is 31.0 Å². The fourth-order valence-electron chi connectivity index (χ4n) is 1.70. The molecule has 2 aromatic rings. The lowest BCUT2D eigenvalue weighted by molar-refractivity contribution is -0.142. The summed E-state index contributed by atoms with van der Waals surface area (Å²) in [6.07, 6.45) is 3.29. The maximum atomic E-state index is 11.9. The predicted molar refractivity (Wildman–Crippen MR) is 74.9 cm³/mol. The Balaban J connectivity index is 1.94. The minimum absolute atomic E-state index is 0.330.